The molecule has 2 rings (SSSR count). The van der Waals surface area contributed by atoms with Crippen molar-refractivity contribution in [3.8, 4) is 0 Å². The fraction of sp³-hybridized carbons (Fsp3) is 0.538. The van der Waals surface area contributed by atoms with Gasteiger partial charge in [0.1, 0.15) is 13.7 Å². The minimum Gasteiger partial charge on any atom is -0.373 e. The number of hydrogen-bond acceptors (Lipinski definition) is 1. The summed E-state index contributed by atoms with van der Waals surface area (Å²) in [5.74, 6) is 0.427. The maximum absolute atomic E-state index is 13.5. The van der Waals surface area contributed by atoms with Crippen molar-refractivity contribution in [3.05, 3.63) is 29.6 Å². The molecule has 3 atom stereocenters. The van der Waals surface area contributed by atoms with Gasteiger partial charge in [-0.25, -0.2) is 4.39 Å². The van der Waals surface area contributed by atoms with E-state index in [-0.39, 0.29) is 11.9 Å². The molecule has 1 nitrogen and oxygen atoms in total. The fourth-order valence-electron chi connectivity index (χ4n) is 2.22. The second-order valence-corrected chi connectivity index (χ2v) is 5.93. The highest BCUT2D eigenvalue weighted by atomic mass is 79.9. The van der Waals surface area contributed by atoms with Crippen molar-refractivity contribution in [3.63, 3.8) is 0 Å². The van der Waals surface area contributed by atoms with E-state index in [2.05, 4.69) is 22.9 Å². The summed E-state index contributed by atoms with van der Waals surface area (Å²) in [5, 5.41) is 0. The fourth-order valence-corrected chi connectivity index (χ4v) is 3.09. The second-order valence-electron chi connectivity index (χ2n) is 4.75. The average molecular weight is 299 g/mol. The number of benzene rings is 1. The van der Waals surface area contributed by atoms with Crippen LogP contribution in [0.1, 0.15) is 31.4 Å². The summed E-state index contributed by atoms with van der Waals surface area (Å²) >= 11 is 3.71. The number of ether oxygens (including phenoxy) is 1. The van der Waals surface area contributed by atoms with Gasteiger partial charge in [-0.3, -0.25) is 0 Å². The van der Waals surface area contributed by atoms with Crippen molar-refractivity contribution in [1.82, 2.24) is 0 Å². The molecule has 1 aromatic carbocycles. The van der Waals surface area contributed by atoms with E-state index < -0.39 is 0 Å². The molecule has 0 N–H and O–H groups in total. The lowest BCUT2D eigenvalue weighted by Gasteiger charge is -2.33. The van der Waals surface area contributed by atoms with Crippen LogP contribution in [-0.2, 0) is 4.74 Å². The zero-order chi connectivity index (χ0) is 12.4. The van der Waals surface area contributed by atoms with Gasteiger partial charge in [0.15, 0.2) is 0 Å². The van der Waals surface area contributed by atoms with Gasteiger partial charge in [-0.05, 0) is 24.0 Å². The van der Waals surface area contributed by atoms with Crippen LogP contribution in [0.4, 0.5) is 4.39 Å². The van der Waals surface area contributed by atoms with E-state index >= 15 is 0 Å². The Bertz CT molecular complexity index is 399. The van der Waals surface area contributed by atoms with Gasteiger partial charge in [0, 0.05) is 4.83 Å². The van der Waals surface area contributed by atoms with Crippen LogP contribution < -0.4 is 5.46 Å². The van der Waals surface area contributed by atoms with E-state index in [9.17, 15) is 4.39 Å². The standard InChI is InChI=1S/C13H17BBrFO/c1-2-8-7-17-13(6-11(8)15)9-3-4-10(14)12(16)5-9/h3-5,8,11,13H,2,6-7,14H2,1H3. The molecule has 1 saturated heterocycles. The molecule has 92 valence electrons. The van der Waals surface area contributed by atoms with Gasteiger partial charge < -0.3 is 4.74 Å². The summed E-state index contributed by atoms with van der Waals surface area (Å²) in [7, 11) is 1.78. The molecule has 1 aliphatic rings. The Morgan fingerprint density at radius 3 is 2.88 bits per heavy atom. The Kier molecular flexibility index (Phi) is 4.26. The van der Waals surface area contributed by atoms with E-state index in [0.29, 0.717) is 16.2 Å². The molecule has 1 aromatic rings. The Morgan fingerprint density at radius 2 is 2.29 bits per heavy atom. The third-order valence-electron chi connectivity index (χ3n) is 3.55. The van der Waals surface area contributed by atoms with Crippen LogP contribution in [0.5, 0.6) is 0 Å². The zero-order valence-electron chi connectivity index (χ0n) is 10.2. The molecule has 0 spiro atoms. The minimum atomic E-state index is -0.144. The topological polar surface area (TPSA) is 9.23 Å². The van der Waals surface area contributed by atoms with Crippen LogP contribution in [0, 0.1) is 11.7 Å². The lowest BCUT2D eigenvalue weighted by Crippen LogP contribution is -2.29. The second kappa shape index (κ2) is 5.53. The molecule has 1 heterocycles. The van der Waals surface area contributed by atoms with Crippen LogP contribution in [-0.4, -0.2) is 19.3 Å². The first-order valence-electron chi connectivity index (χ1n) is 6.13. The van der Waals surface area contributed by atoms with E-state index in [0.717, 1.165) is 25.0 Å². The minimum absolute atomic E-state index is 0.0253. The Morgan fingerprint density at radius 1 is 1.53 bits per heavy atom. The Hall–Kier alpha value is -0.345. The molecule has 0 saturated carbocycles. The van der Waals surface area contributed by atoms with Gasteiger partial charge in [-0.1, -0.05) is 46.9 Å². The molecule has 0 aromatic heterocycles. The first-order valence-corrected chi connectivity index (χ1v) is 7.05. The van der Waals surface area contributed by atoms with Crippen molar-refractivity contribution in [2.24, 2.45) is 5.92 Å². The smallest absolute Gasteiger partial charge is 0.143 e. The molecule has 17 heavy (non-hydrogen) atoms. The van der Waals surface area contributed by atoms with E-state index in [1.807, 2.05) is 12.1 Å². The van der Waals surface area contributed by atoms with Crippen LogP contribution in [0.3, 0.4) is 0 Å². The predicted molar refractivity (Wildman–Crippen MR) is 74.4 cm³/mol. The number of hydrogen-bond donors (Lipinski definition) is 0. The third-order valence-corrected chi connectivity index (χ3v) is 4.68. The first kappa shape index (κ1) is 13.1. The van der Waals surface area contributed by atoms with Gasteiger partial charge in [-0.15, -0.1) is 0 Å². The van der Waals surface area contributed by atoms with Crippen molar-refractivity contribution in [2.45, 2.75) is 30.7 Å². The molecule has 0 aliphatic carbocycles. The van der Waals surface area contributed by atoms with Crippen LogP contribution in [0.2, 0.25) is 0 Å². The van der Waals surface area contributed by atoms with Gasteiger partial charge in [0.25, 0.3) is 0 Å². The molecule has 0 bridgehead atoms. The molecular weight excluding hydrogens is 282 g/mol. The first-order chi connectivity index (χ1) is 8.11. The molecule has 3 unspecified atom stereocenters. The quantitative estimate of drug-likeness (QED) is 0.601. The summed E-state index contributed by atoms with van der Waals surface area (Å²) in [6.07, 6.45) is 2.06. The number of alkyl halides is 1. The Balaban J connectivity index is 2.11. The molecule has 0 amide bonds. The van der Waals surface area contributed by atoms with E-state index in [4.69, 9.17) is 4.74 Å². The van der Waals surface area contributed by atoms with E-state index in [1.54, 1.807) is 13.9 Å². The van der Waals surface area contributed by atoms with Gasteiger partial charge in [0.05, 0.1) is 12.7 Å². The maximum Gasteiger partial charge on any atom is 0.143 e. The van der Waals surface area contributed by atoms with Crippen molar-refractivity contribution in [2.75, 3.05) is 6.61 Å². The molecule has 4 heteroatoms. The average Bonchev–Trinajstić information content (AvgIpc) is 2.32. The number of halogens is 2. The Labute approximate surface area is 111 Å². The lowest BCUT2D eigenvalue weighted by atomic mass is 9.90. The molecule has 1 fully saturated rings. The summed E-state index contributed by atoms with van der Waals surface area (Å²) in [6, 6.07) is 5.39. The number of rotatable bonds is 2. The summed E-state index contributed by atoms with van der Waals surface area (Å²) < 4.78 is 19.3. The SMILES string of the molecule is Bc1ccc(C2CC(Br)C(CC)CO2)cc1F. The van der Waals surface area contributed by atoms with E-state index in [1.165, 1.54) is 0 Å². The van der Waals surface area contributed by atoms with Crippen LogP contribution >= 0.6 is 15.9 Å². The molecule has 1 aliphatic heterocycles. The van der Waals surface area contributed by atoms with Gasteiger partial charge in [-0.2, -0.15) is 0 Å². The summed E-state index contributed by atoms with van der Waals surface area (Å²) in [6.45, 7) is 2.93. The third kappa shape index (κ3) is 2.91. The monoisotopic (exact) mass is 298 g/mol. The van der Waals surface area contributed by atoms with Crippen molar-refractivity contribution < 1.29 is 9.13 Å². The predicted octanol–water partition coefficient (Wildman–Crippen LogP) is 2.34. The van der Waals surface area contributed by atoms with Crippen molar-refractivity contribution >= 4 is 29.2 Å². The zero-order valence-corrected chi connectivity index (χ0v) is 11.8. The lowest BCUT2D eigenvalue weighted by molar-refractivity contribution is -0.0133. The highest BCUT2D eigenvalue weighted by Gasteiger charge is 2.29. The summed E-state index contributed by atoms with van der Waals surface area (Å²) in [4.78, 5) is 0.468. The normalized spacial score (nSPS) is 29.2. The molecule has 0 radical (unpaired) electrons. The largest absolute Gasteiger partial charge is 0.373 e. The highest BCUT2D eigenvalue weighted by Crippen LogP contribution is 2.35. The summed E-state index contributed by atoms with van der Waals surface area (Å²) in [5.41, 5.74) is 1.64. The highest BCUT2D eigenvalue weighted by molar-refractivity contribution is 9.09. The van der Waals surface area contributed by atoms with Gasteiger partial charge >= 0.3 is 0 Å². The van der Waals surface area contributed by atoms with Crippen molar-refractivity contribution in [1.29, 1.82) is 0 Å². The maximum atomic E-state index is 13.5. The molecular formula is C13H17BBrFO. The van der Waals surface area contributed by atoms with Gasteiger partial charge in [0.2, 0.25) is 0 Å². The van der Waals surface area contributed by atoms with Crippen LogP contribution in [0.25, 0.3) is 0 Å². The van der Waals surface area contributed by atoms with Crippen LogP contribution in [0.15, 0.2) is 18.2 Å².